The SMILES string of the molecule is CCOC1(OCC)C(=O)Nc2ccccc21. The lowest BCUT2D eigenvalue weighted by molar-refractivity contribution is -0.227. The summed E-state index contributed by atoms with van der Waals surface area (Å²) in [6.07, 6.45) is 0. The van der Waals surface area contributed by atoms with Gasteiger partial charge in [-0.05, 0) is 19.9 Å². The quantitative estimate of drug-likeness (QED) is 0.789. The van der Waals surface area contributed by atoms with Gasteiger partial charge in [0.1, 0.15) is 0 Å². The highest BCUT2D eigenvalue weighted by Gasteiger charge is 2.49. The van der Waals surface area contributed by atoms with Crippen molar-refractivity contribution in [2.45, 2.75) is 19.6 Å². The van der Waals surface area contributed by atoms with E-state index < -0.39 is 5.79 Å². The van der Waals surface area contributed by atoms with Crippen LogP contribution in [0.1, 0.15) is 19.4 Å². The number of para-hydroxylation sites is 1. The fourth-order valence-corrected chi connectivity index (χ4v) is 1.94. The molecule has 0 unspecified atom stereocenters. The van der Waals surface area contributed by atoms with Gasteiger partial charge in [-0.2, -0.15) is 0 Å². The summed E-state index contributed by atoms with van der Waals surface area (Å²) < 4.78 is 11.1. The largest absolute Gasteiger partial charge is 0.339 e. The molecule has 0 radical (unpaired) electrons. The zero-order chi connectivity index (χ0) is 11.6. The molecule has 16 heavy (non-hydrogen) atoms. The van der Waals surface area contributed by atoms with Crippen LogP contribution in [0.3, 0.4) is 0 Å². The molecule has 0 spiro atoms. The molecule has 1 aliphatic heterocycles. The molecule has 1 N–H and O–H groups in total. The zero-order valence-electron chi connectivity index (χ0n) is 9.45. The van der Waals surface area contributed by atoms with Crippen molar-refractivity contribution in [1.82, 2.24) is 0 Å². The summed E-state index contributed by atoms with van der Waals surface area (Å²) in [5, 5.41) is 2.77. The molecule has 0 atom stereocenters. The number of amides is 1. The van der Waals surface area contributed by atoms with Crippen molar-refractivity contribution < 1.29 is 14.3 Å². The Morgan fingerprint density at radius 2 is 1.81 bits per heavy atom. The van der Waals surface area contributed by atoms with Crippen molar-refractivity contribution in [1.29, 1.82) is 0 Å². The molecule has 0 fully saturated rings. The second kappa shape index (κ2) is 4.23. The lowest BCUT2D eigenvalue weighted by Crippen LogP contribution is -2.40. The van der Waals surface area contributed by atoms with Crippen molar-refractivity contribution in [3.8, 4) is 0 Å². The fourth-order valence-electron chi connectivity index (χ4n) is 1.94. The van der Waals surface area contributed by atoms with Crippen molar-refractivity contribution >= 4 is 11.6 Å². The normalized spacial score (nSPS) is 17.0. The molecule has 1 aliphatic rings. The van der Waals surface area contributed by atoms with E-state index in [0.717, 1.165) is 11.3 Å². The summed E-state index contributed by atoms with van der Waals surface area (Å²) >= 11 is 0. The third-order valence-corrected chi connectivity index (χ3v) is 2.52. The number of anilines is 1. The summed E-state index contributed by atoms with van der Waals surface area (Å²) in [5.74, 6) is -1.52. The zero-order valence-corrected chi connectivity index (χ0v) is 9.45. The number of carbonyl (C=O) groups is 1. The van der Waals surface area contributed by atoms with E-state index in [-0.39, 0.29) is 5.91 Å². The highest BCUT2D eigenvalue weighted by molar-refractivity contribution is 6.04. The third kappa shape index (κ3) is 1.50. The second-order valence-electron chi connectivity index (χ2n) is 3.48. The highest BCUT2D eigenvalue weighted by atomic mass is 16.7. The van der Waals surface area contributed by atoms with Crippen LogP contribution >= 0.6 is 0 Å². The van der Waals surface area contributed by atoms with Crippen LogP contribution in [0.15, 0.2) is 24.3 Å². The van der Waals surface area contributed by atoms with Crippen molar-refractivity contribution in [2.75, 3.05) is 18.5 Å². The molecule has 1 aromatic rings. The van der Waals surface area contributed by atoms with E-state index >= 15 is 0 Å². The smallest absolute Gasteiger partial charge is 0.289 e. The van der Waals surface area contributed by atoms with E-state index in [1.807, 2.05) is 38.1 Å². The summed E-state index contributed by atoms with van der Waals surface area (Å²) in [7, 11) is 0. The summed E-state index contributed by atoms with van der Waals surface area (Å²) in [6, 6.07) is 7.42. The number of hydrogen-bond donors (Lipinski definition) is 1. The van der Waals surface area contributed by atoms with Gasteiger partial charge in [0.25, 0.3) is 11.7 Å². The average molecular weight is 221 g/mol. The molecule has 86 valence electrons. The molecule has 0 bridgehead atoms. The van der Waals surface area contributed by atoms with E-state index in [0.29, 0.717) is 13.2 Å². The molecule has 2 rings (SSSR count). The van der Waals surface area contributed by atoms with Crippen LogP contribution < -0.4 is 5.32 Å². The van der Waals surface area contributed by atoms with Crippen LogP contribution in [0.5, 0.6) is 0 Å². The van der Waals surface area contributed by atoms with Gasteiger partial charge in [0, 0.05) is 18.8 Å². The molecule has 0 saturated heterocycles. The lowest BCUT2D eigenvalue weighted by atomic mass is 10.1. The Hall–Kier alpha value is -1.39. The third-order valence-electron chi connectivity index (χ3n) is 2.52. The van der Waals surface area contributed by atoms with Crippen LogP contribution in [0.25, 0.3) is 0 Å². The van der Waals surface area contributed by atoms with Crippen molar-refractivity contribution in [3.63, 3.8) is 0 Å². The van der Waals surface area contributed by atoms with Gasteiger partial charge in [0.15, 0.2) is 0 Å². The average Bonchev–Trinajstić information content (AvgIpc) is 2.54. The summed E-state index contributed by atoms with van der Waals surface area (Å²) in [6.45, 7) is 4.52. The van der Waals surface area contributed by atoms with Gasteiger partial charge in [-0.1, -0.05) is 18.2 Å². The molecule has 0 saturated carbocycles. The molecule has 1 aromatic carbocycles. The molecule has 0 aliphatic carbocycles. The van der Waals surface area contributed by atoms with Crippen LogP contribution in [-0.4, -0.2) is 19.1 Å². The van der Waals surface area contributed by atoms with Gasteiger partial charge < -0.3 is 14.8 Å². The Morgan fingerprint density at radius 3 is 2.44 bits per heavy atom. The first-order valence-electron chi connectivity index (χ1n) is 5.43. The minimum Gasteiger partial charge on any atom is -0.339 e. The summed E-state index contributed by atoms with van der Waals surface area (Å²) in [4.78, 5) is 12.0. The monoisotopic (exact) mass is 221 g/mol. The standard InChI is InChI=1S/C12H15NO3/c1-3-15-12(16-4-2)9-7-5-6-8-10(9)13-11(12)14/h5-8H,3-4H2,1-2H3,(H,13,14). The number of benzene rings is 1. The minimum atomic E-state index is -1.26. The van der Waals surface area contributed by atoms with Crippen molar-refractivity contribution in [2.24, 2.45) is 0 Å². The number of hydrogen-bond acceptors (Lipinski definition) is 3. The minimum absolute atomic E-state index is 0.252. The van der Waals surface area contributed by atoms with E-state index in [4.69, 9.17) is 9.47 Å². The topological polar surface area (TPSA) is 47.6 Å². The number of carbonyl (C=O) groups excluding carboxylic acids is 1. The maximum Gasteiger partial charge on any atom is 0.289 e. The van der Waals surface area contributed by atoms with E-state index in [1.165, 1.54) is 0 Å². The van der Waals surface area contributed by atoms with Crippen LogP contribution in [0.4, 0.5) is 5.69 Å². The Kier molecular flexibility index (Phi) is 2.94. The first-order chi connectivity index (χ1) is 7.74. The Bertz CT molecular complexity index is 397. The first-order valence-corrected chi connectivity index (χ1v) is 5.43. The molecule has 1 heterocycles. The maximum atomic E-state index is 12.0. The molecule has 4 nitrogen and oxygen atoms in total. The Morgan fingerprint density at radius 1 is 1.19 bits per heavy atom. The van der Waals surface area contributed by atoms with Gasteiger partial charge >= 0.3 is 0 Å². The van der Waals surface area contributed by atoms with Gasteiger partial charge in [-0.15, -0.1) is 0 Å². The van der Waals surface area contributed by atoms with Gasteiger partial charge in [0.05, 0.1) is 5.69 Å². The maximum absolute atomic E-state index is 12.0. The number of rotatable bonds is 4. The van der Waals surface area contributed by atoms with E-state index in [9.17, 15) is 4.79 Å². The predicted octanol–water partition coefficient (Wildman–Crippen LogP) is 1.86. The number of nitrogens with one attached hydrogen (secondary N) is 1. The molecular weight excluding hydrogens is 206 g/mol. The fraction of sp³-hybridized carbons (Fsp3) is 0.417. The molecule has 0 aromatic heterocycles. The van der Waals surface area contributed by atoms with Gasteiger partial charge in [-0.25, -0.2) is 0 Å². The molecular formula is C12H15NO3. The van der Waals surface area contributed by atoms with Crippen LogP contribution in [-0.2, 0) is 20.1 Å². The van der Waals surface area contributed by atoms with E-state index in [2.05, 4.69) is 5.32 Å². The predicted molar refractivity (Wildman–Crippen MR) is 60.0 cm³/mol. The van der Waals surface area contributed by atoms with Crippen LogP contribution in [0, 0.1) is 0 Å². The van der Waals surface area contributed by atoms with Crippen molar-refractivity contribution in [3.05, 3.63) is 29.8 Å². The van der Waals surface area contributed by atoms with Crippen LogP contribution in [0.2, 0.25) is 0 Å². The lowest BCUT2D eigenvalue weighted by Gasteiger charge is -2.26. The van der Waals surface area contributed by atoms with E-state index in [1.54, 1.807) is 0 Å². The second-order valence-corrected chi connectivity index (χ2v) is 3.48. The molecule has 4 heteroatoms. The highest BCUT2D eigenvalue weighted by Crippen LogP contribution is 2.39. The molecule has 1 amide bonds. The number of fused-ring (bicyclic) bond motifs is 1. The van der Waals surface area contributed by atoms with Gasteiger partial charge in [-0.3, -0.25) is 4.79 Å². The summed E-state index contributed by atoms with van der Waals surface area (Å²) in [5.41, 5.74) is 1.51. The first kappa shape index (κ1) is 11.1. The number of ether oxygens (including phenoxy) is 2. The Labute approximate surface area is 94.6 Å². The van der Waals surface area contributed by atoms with Gasteiger partial charge in [0.2, 0.25) is 0 Å². The Balaban J connectivity index is 2.47.